The number of fused-ring (bicyclic) bond motifs is 5. The van der Waals surface area contributed by atoms with E-state index in [0.29, 0.717) is 42.0 Å². The molecule has 0 radical (unpaired) electrons. The molecule has 0 bridgehead atoms. The van der Waals surface area contributed by atoms with Gasteiger partial charge in [0.2, 0.25) is 0 Å². The fourth-order valence-electron chi connectivity index (χ4n) is 9.10. The van der Waals surface area contributed by atoms with E-state index < -0.39 is 0 Å². The maximum atomic E-state index is 12.8. The van der Waals surface area contributed by atoms with Gasteiger partial charge in [-0.2, -0.15) is 0 Å². The SMILES string of the molecule is CCN(CCNCC[N+](C)(C)C)C(=O)O/N=C(\C)[C@H]1CC[C@H]2[C@@H]3CC[C@@H]4CC(=O)CC[C@]4(C)[C@H]3CC[C@]12C. The molecule has 0 heterocycles. The van der Waals surface area contributed by atoms with Crippen LogP contribution in [0.1, 0.15) is 85.5 Å². The lowest BCUT2D eigenvalue weighted by atomic mass is 9.44. The average molecular weight is 532 g/mol. The Kier molecular flexibility index (Phi) is 8.98. The molecule has 7 atom stereocenters. The van der Waals surface area contributed by atoms with Gasteiger partial charge in [0.05, 0.1) is 33.4 Å². The van der Waals surface area contributed by atoms with Gasteiger partial charge in [-0.05, 0) is 93.3 Å². The van der Waals surface area contributed by atoms with Crippen molar-refractivity contribution in [1.82, 2.24) is 10.2 Å². The number of likely N-dealkylation sites (N-methyl/N-ethyl adjacent to an activating group) is 2. The van der Waals surface area contributed by atoms with E-state index in [1.165, 1.54) is 32.1 Å². The van der Waals surface area contributed by atoms with E-state index >= 15 is 0 Å². The molecule has 1 amide bonds. The molecule has 7 heteroatoms. The van der Waals surface area contributed by atoms with E-state index in [4.69, 9.17) is 4.84 Å². The van der Waals surface area contributed by atoms with Gasteiger partial charge in [0.1, 0.15) is 5.78 Å². The number of quaternary nitrogens is 1. The van der Waals surface area contributed by atoms with Gasteiger partial charge in [0.15, 0.2) is 0 Å². The van der Waals surface area contributed by atoms with Crippen molar-refractivity contribution >= 4 is 17.6 Å². The molecule has 1 N–H and O–H groups in total. The van der Waals surface area contributed by atoms with E-state index in [1.54, 1.807) is 4.90 Å². The fourth-order valence-corrected chi connectivity index (χ4v) is 9.10. The lowest BCUT2D eigenvalue weighted by molar-refractivity contribution is -0.869. The van der Waals surface area contributed by atoms with Crippen LogP contribution in [-0.4, -0.2) is 80.8 Å². The minimum atomic E-state index is -0.346. The summed E-state index contributed by atoms with van der Waals surface area (Å²) in [5.41, 5.74) is 1.57. The van der Waals surface area contributed by atoms with Crippen LogP contribution in [0.4, 0.5) is 4.79 Å². The van der Waals surface area contributed by atoms with Gasteiger partial charge in [-0.3, -0.25) is 9.63 Å². The van der Waals surface area contributed by atoms with Crippen molar-refractivity contribution in [2.45, 2.75) is 85.5 Å². The van der Waals surface area contributed by atoms with Gasteiger partial charge in [-0.25, -0.2) is 4.79 Å². The van der Waals surface area contributed by atoms with E-state index in [0.717, 1.165) is 67.3 Å². The third kappa shape index (κ3) is 5.99. The smallest absolute Gasteiger partial charge is 0.330 e. The molecule has 0 unspecified atom stereocenters. The Morgan fingerprint density at radius 1 is 1.05 bits per heavy atom. The van der Waals surface area contributed by atoms with E-state index in [1.807, 2.05) is 6.92 Å². The predicted molar refractivity (Wildman–Crippen MR) is 153 cm³/mol. The third-order valence-corrected chi connectivity index (χ3v) is 11.4. The highest BCUT2D eigenvalue weighted by molar-refractivity contribution is 5.85. The van der Waals surface area contributed by atoms with Crippen molar-refractivity contribution in [2.75, 3.05) is 53.9 Å². The highest BCUT2D eigenvalue weighted by Crippen LogP contribution is 2.67. The van der Waals surface area contributed by atoms with Crippen LogP contribution >= 0.6 is 0 Å². The molecule has 0 aromatic heterocycles. The molecule has 7 nitrogen and oxygen atoms in total. The lowest BCUT2D eigenvalue weighted by Crippen LogP contribution is -2.53. The predicted octanol–water partition coefficient (Wildman–Crippen LogP) is 5.34. The van der Waals surface area contributed by atoms with Crippen molar-refractivity contribution in [3.8, 4) is 0 Å². The number of carbonyl (C=O) groups excluding carboxylic acids is 2. The van der Waals surface area contributed by atoms with Crippen LogP contribution in [0.3, 0.4) is 0 Å². The quantitative estimate of drug-likeness (QED) is 0.143. The largest absolute Gasteiger partial charge is 0.436 e. The number of ketones is 1. The molecular weight excluding hydrogens is 476 g/mol. The second-order valence-corrected chi connectivity index (χ2v) is 14.5. The molecule has 4 saturated carbocycles. The third-order valence-electron chi connectivity index (χ3n) is 11.4. The maximum absolute atomic E-state index is 12.8. The molecule has 0 saturated heterocycles. The van der Waals surface area contributed by atoms with Gasteiger partial charge in [-0.1, -0.05) is 19.0 Å². The maximum Gasteiger partial charge on any atom is 0.436 e. The van der Waals surface area contributed by atoms with E-state index in [-0.39, 0.29) is 11.5 Å². The molecule has 0 aliphatic heterocycles. The van der Waals surface area contributed by atoms with Crippen molar-refractivity contribution < 1.29 is 18.9 Å². The molecule has 4 fully saturated rings. The van der Waals surface area contributed by atoms with Gasteiger partial charge in [0, 0.05) is 44.9 Å². The average Bonchev–Trinajstić information content (AvgIpc) is 3.21. The molecular formula is C31H55N4O3+. The molecule has 4 aliphatic carbocycles. The van der Waals surface area contributed by atoms with Crippen LogP contribution in [0.15, 0.2) is 5.16 Å². The molecule has 38 heavy (non-hydrogen) atoms. The zero-order chi connectivity index (χ0) is 27.7. The molecule has 4 rings (SSSR count). The summed E-state index contributed by atoms with van der Waals surface area (Å²) >= 11 is 0. The highest BCUT2D eigenvalue weighted by Gasteiger charge is 2.60. The Labute approximate surface area is 231 Å². The number of hydrogen-bond acceptors (Lipinski definition) is 5. The van der Waals surface area contributed by atoms with Crippen LogP contribution < -0.4 is 5.32 Å². The number of oxime groups is 1. The van der Waals surface area contributed by atoms with Crippen molar-refractivity contribution in [3.05, 3.63) is 0 Å². The monoisotopic (exact) mass is 531 g/mol. The Morgan fingerprint density at radius 2 is 1.79 bits per heavy atom. The van der Waals surface area contributed by atoms with Crippen LogP contribution in [0.25, 0.3) is 0 Å². The van der Waals surface area contributed by atoms with E-state index in [9.17, 15) is 9.59 Å². The number of nitrogens with one attached hydrogen (secondary N) is 1. The number of carbonyl (C=O) groups is 2. The van der Waals surface area contributed by atoms with Crippen LogP contribution in [0, 0.1) is 40.4 Å². The van der Waals surface area contributed by atoms with Crippen molar-refractivity contribution in [2.24, 2.45) is 45.6 Å². The molecule has 0 spiro atoms. The van der Waals surface area contributed by atoms with Crippen LogP contribution in [0.5, 0.6) is 0 Å². The topological polar surface area (TPSA) is 71.0 Å². The summed E-state index contributed by atoms with van der Waals surface area (Å²) < 4.78 is 0.920. The zero-order valence-corrected chi connectivity index (χ0v) is 25.4. The van der Waals surface area contributed by atoms with Crippen LogP contribution in [-0.2, 0) is 9.63 Å². The number of hydrogen-bond donors (Lipinski definition) is 1. The minimum Gasteiger partial charge on any atom is -0.330 e. The van der Waals surface area contributed by atoms with Gasteiger partial charge < -0.3 is 14.7 Å². The Hall–Kier alpha value is -1.47. The Balaban J connectivity index is 1.33. The number of nitrogens with zero attached hydrogens (tertiary/aromatic N) is 3. The molecule has 0 aromatic carbocycles. The van der Waals surface area contributed by atoms with Crippen molar-refractivity contribution in [1.29, 1.82) is 0 Å². The first kappa shape index (κ1) is 29.5. The normalized spacial score (nSPS) is 37.3. The summed E-state index contributed by atoms with van der Waals surface area (Å²) in [5, 5.41) is 7.88. The number of rotatable bonds is 9. The minimum absolute atomic E-state index is 0.231. The standard InChI is InChI=1S/C31H55N4O3/c1-8-34(19-17-32-18-20-35(5,6)7)29(37)38-33-22(2)26-11-12-27-25-10-9-23-21-24(36)13-15-30(23,3)28(25)14-16-31(26,27)4/h23,25-28,32H,8-21H2,1-7H3/q+1/b33-22+/t23-,25+,26-,27+,28+,30+,31-/m1/s1. The van der Waals surface area contributed by atoms with E-state index in [2.05, 4.69) is 52.4 Å². The Morgan fingerprint density at radius 3 is 2.50 bits per heavy atom. The first-order chi connectivity index (χ1) is 17.9. The Bertz CT molecular complexity index is 898. The summed E-state index contributed by atoms with van der Waals surface area (Å²) in [6, 6.07) is 0. The first-order valence-corrected chi connectivity index (χ1v) is 15.4. The second kappa shape index (κ2) is 11.6. The summed E-state index contributed by atoms with van der Waals surface area (Å²) in [4.78, 5) is 32.3. The highest BCUT2D eigenvalue weighted by atomic mass is 16.7. The fraction of sp³-hybridized carbons (Fsp3) is 0.903. The number of amides is 1. The zero-order valence-electron chi connectivity index (χ0n) is 25.4. The lowest BCUT2D eigenvalue weighted by Gasteiger charge is -2.60. The first-order valence-electron chi connectivity index (χ1n) is 15.4. The van der Waals surface area contributed by atoms with Gasteiger partial charge >= 0.3 is 6.09 Å². The molecule has 216 valence electrons. The van der Waals surface area contributed by atoms with Gasteiger partial charge in [-0.15, -0.1) is 0 Å². The number of Topliss-reactive ketones (excluding diaryl/α,β-unsaturated/α-hetero) is 1. The van der Waals surface area contributed by atoms with Crippen LogP contribution in [0.2, 0.25) is 0 Å². The summed E-state index contributed by atoms with van der Waals surface area (Å²) in [5.74, 6) is 3.72. The molecule has 0 aromatic rings. The second-order valence-electron chi connectivity index (χ2n) is 14.5. The summed E-state index contributed by atoms with van der Waals surface area (Å²) in [6.07, 6.45) is 9.76. The van der Waals surface area contributed by atoms with Crippen molar-refractivity contribution in [3.63, 3.8) is 0 Å². The summed E-state index contributed by atoms with van der Waals surface area (Å²) in [7, 11) is 6.54. The summed E-state index contributed by atoms with van der Waals surface area (Å²) in [6.45, 7) is 13.0. The molecule has 4 aliphatic rings. The van der Waals surface area contributed by atoms with Gasteiger partial charge in [0.25, 0.3) is 0 Å².